The Morgan fingerprint density at radius 2 is 1.17 bits per heavy atom. The second-order valence-electron chi connectivity index (χ2n) is 11.6. The standard InChI is InChI=1S/C27H58NO6PS/c1-6-7-8-9-10-11-12-13-14-15-16-17-18-19-20-21-24-36(31,32)26-27(2)25-34-35(29,30)33-23-22-28(3,4)5/h27H,6-26H2,1-5H3/p+1. The lowest BCUT2D eigenvalue weighted by atomic mass is 10.0. The molecule has 0 bridgehead atoms. The van der Waals surface area contributed by atoms with Gasteiger partial charge < -0.3 is 9.38 Å². The van der Waals surface area contributed by atoms with E-state index in [9.17, 15) is 17.9 Å². The lowest BCUT2D eigenvalue weighted by molar-refractivity contribution is -0.870. The van der Waals surface area contributed by atoms with E-state index in [1.54, 1.807) is 6.92 Å². The predicted molar refractivity (Wildman–Crippen MR) is 152 cm³/mol. The van der Waals surface area contributed by atoms with Crippen LogP contribution in [0, 0.1) is 5.92 Å². The van der Waals surface area contributed by atoms with Gasteiger partial charge in [0.1, 0.15) is 13.2 Å². The van der Waals surface area contributed by atoms with Gasteiger partial charge in [0, 0.05) is 0 Å². The van der Waals surface area contributed by atoms with Crippen LogP contribution in [0.5, 0.6) is 0 Å². The maximum atomic E-state index is 12.4. The molecule has 2 atom stereocenters. The van der Waals surface area contributed by atoms with Gasteiger partial charge in [0.15, 0.2) is 9.84 Å². The Labute approximate surface area is 223 Å². The van der Waals surface area contributed by atoms with Crippen LogP contribution in [0.3, 0.4) is 0 Å². The van der Waals surface area contributed by atoms with Crippen LogP contribution in [0.15, 0.2) is 0 Å². The normalized spacial score (nSPS) is 15.2. The summed E-state index contributed by atoms with van der Waals surface area (Å²) in [4.78, 5) is 9.77. The molecule has 2 unspecified atom stereocenters. The summed E-state index contributed by atoms with van der Waals surface area (Å²) in [6, 6.07) is 0. The molecule has 0 spiro atoms. The Bertz CT molecular complexity index is 666. The summed E-state index contributed by atoms with van der Waals surface area (Å²) >= 11 is 0. The molecule has 0 aromatic rings. The minimum absolute atomic E-state index is 0.0371. The van der Waals surface area contributed by atoms with Gasteiger partial charge in [0.2, 0.25) is 0 Å². The molecule has 0 saturated heterocycles. The van der Waals surface area contributed by atoms with Crippen molar-refractivity contribution in [2.75, 3.05) is 52.4 Å². The molecular formula is C27H59NO6PS+. The molecule has 0 saturated carbocycles. The van der Waals surface area contributed by atoms with Gasteiger partial charge in [-0.05, 0) is 12.3 Å². The molecule has 0 aliphatic rings. The third-order valence-electron chi connectivity index (χ3n) is 6.39. The Morgan fingerprint density at radius 3 is 1.58 bits per heavy atom. The summed E-state index contributed by atoms with van der Waals surface area (Å²) in [7, 11) is -1.48. The second-order valence-corrected chi connectivity index (χ2v) is 15.3. The summed E-state index contributed by atoms with van der Waals surface area (Å²) in [6.07, 6.45) is 20.2. The molecule has 218 valence electrons. The molecule has 0 aromatic heterocycles. The monoisotopic (exact) mass is 556 g/mol. The van der Waals surface area contributed by atoms with Gasteiger partial charge in [0.05, 0.1) is 39.3 Å². The van der Waals surface area contributed by atoms with Crippen LogP contribution in [-0.4, -0.2) is 70.2 Å². The first kappa shape index (κ1) is 36.0. The Hall–Kier alpha value is 0.0200. The Kier molecular flexibility index (Phi) is 20.9. The second kappa shape index (κ2) is 20.9. The minimum atomic E-state index is -4.16. The molecule has 0 amide bonds. The molecule has 9 heteroatoms. The van der Waals surface area contributed by atoms with Gasteiger partial charge in [-0.15, -0.1) is 0 Å². The average Bonchev–Trinajstić information content (AvgIpc) is 2.76. The quantitative estimate of drug-likeness (QED) is 0.0692. The van der Waals surface area contributed by atoms with Crippen molar-refractivity contribution in [3.63, 3.8) is 0 Å². The van der Waals surface area contributed by atoms with E-state index in [1.165, 1.54) is 83.5 Å². The number of hydrogen-bond donors (Lipinski definition) is 1. The van der Waals surface area contributed by atoms with Gasteiger partial charge in [0.25, 0.3) is 0 Å². The van der Waals surface area contributed by atoms with Crippen LogP contribution in [0.25, 0.3) is 0 Å². The largest absolute Gasteiger partial charge is 0.472 e. The highest BCUT2D eigenvalue weighted by molar-refractivity contribution is 7.91. The summed E-state index contributed by atoms with van der Waals surface area (Å²) in [6.45, 7) is 4.53. The van der Waals surface area contributed by atoms with Crippen LogP contribution < -0.4 is 0 Å². The fourth-order valence-electron chi connectivity index (χ4n) is 4.12. The minimum Gasteiger partial charge on any atom is -0.329 e. The maximum Gasteiger partial charge on any atom is 0.472 e. The zero-order valence-electron chi connectivity index (χ0n) is 24.2. The maximum absolute atomic E-state index is 12.4. The summed E-state index contributed by atoms with van der Waals surface area (Å²) < 4.78 is 47.3. The smallest absolute Gasteiger partial charge is 0.329 e. The fraction of sp³-hybridized carbons (Fsp3) is 1.00. The number of nitrogens with zero attached hydrogens (tertiary/aromatic N) is 1. The van der Waals surface area contributed by atoms with Crippen molar-refractivity contribution in [1.29, 1.82) is 0 Å². The third kappa shape index (κ3) is 25.7. The highest BCUT2D eigenvalue weighted by Gasteiger charge is 2.25. The van der Waals surface area contributed by atoms with E-state index >= 15 is 0 Å². The summed E-state index contributed by atoms with van der Waals surface area (Å²) in [5.74, 6) is -0.226. The lowest BCUT2D eigenvalue weighted by Gasteiger charge is -2.24. The first-order valence-electron chi connectivity index (χ1n) is 14.5. The van der Waals surface area contributed by atoms with Crippen molar-refractivity contribution in [2.45, 2.75) is 117 Å². The lowest BCUT2D eigenvalue weighted by Crippen LogP contribution is -2.37. The molecule has 1 N–H and O–H groups in total. The van der Waals surface area contributed by atoms with E-state index in [0.29, 0.717) is 17.4 Å². The first-order chi connectivity index (χ1) is 16.9. The molecular weight excluding hydrogens is 497 g/mol. The number of quaternary nitrogens is 1. The van der Waals surface area contributed by atoms with Crippen LogP contribution in [0.2, 0.25) is 0 Å². The zero-order chi connectivity index (χ0) is 27.3. The highest BCUT2D eigenvalue weighted by Crippen LogP contribution is 2.43. The predicted octanol–water partition coefficient (Wildman–Crippen LogP) is 7.14. The van der Waals surface area contributed by atoms with Crippen LogP contribution in [0.4, 0.5) is 0 Å². The van der Waals surface area contributed by atoms with Gasteiger partial charge in [-0.25, -0.2) is 13.0 Å². The Morgan fingerprint density at radius 1 is 0.750 bits per heavy atom. The first-order valence-corrected chi connectivity index (χ1v) is 17.8. The van der Waals surface area contributed by atoms with Gasteiger partial charge in [-0.3, -0.25) is 9.05 Å². The van der Waals surface area contributed by atoms with Crippen LogP contribution in [0.1, 0.15) is 117 Å². The van der Waals surface area contributed by atoms with Gasteiger partial charge in [-0.1, -0.05) is 110 Å². The van der Waals surface area contributed by atoms with E-state index in [4.69, 9.17) is 9.05 Å². The van der Waals surface area contributed by atoms with Gasteiger partial charge in [-0.2, -0.15) is 0 Å². The SMILES string of the molecule is CCCCCCCCCCCCCCCCCCS(=O)(=O)CC(C)COP(=O)(O)OCC[N+](C)(C)C. The molecule has 7 nitrogen and oxygen atoms in total. The number of phosphoric ester groups is 1. The van der Waals surface area contributed by atoms with Crippen LogP contribution in [-0.2, 0) is 23.4 Å². The van der Waals surface area contributed by atoms with E-state index in [0.717, 1.165) is 12.8 Å². The fourth-order valence-corrected chi connectivity index (χ4v) is 6.73. The number of likely N-dealkylation sites (N-methyl/N-ethyl adjacent to an activating group) is 1. The van der Waals surface area contributed by atoms with E-state index in [-0.39, 0.29) is 30.6 Å². The molecule has 36 heavy (non-hydrogen) atoms. The van der Waals surface area contributed by atoms with Crippen molar-refractivity contribution < 1.29 is 31.4 Å². The summed E-state index contributed by atoms with van der Waals surface area (Å²) in [5, 5.41) is 0. The average molecular weight is 557 g/mol. The van der Waals surface area contributed by atoms with E-state index in [1.807, 2.05) is 21.1 Å². The van der Waals surface area contributed by atoms with Crippen molar-refractivity contribution in [3.8, 4) is 0 Å². The number of sulfone groups is 1. The van der Waals surface area contributed by atoms with Gasteiger partial charge >= 0.3 is 7.82 Å². The van der Waals surface area contributed by atoms with E-state index < -0.39 is 17.7 Å². The Balaban J connectivity index is 3.69. The van der Waals surface area contributed by atoms with Crippen molar-refractivity contribution in [2.24, 2.45) is 5.92 Å². The molecule has 0 rings (SSSR count). The molecule has 0 aliphatic carbocycles. The molecule has 0 aromatic carbocycles. The number of phosphoric acid groups is 1. The van der Waals surface area contributed by atoms with Crippen molar-refractivity contribution >= 4 is 17.7 Å². The number of rotatable bonds is 26. The molecule has 0 heterocycles. The zero-order valence-corrected chi connectivity index (χ0v) is 25.9. The topological polar surface area (TPSA) is 89.9 Å². The molecule has 0 radical (unpaired) electrons. The molecule has 0 fully saturated rings. The number of unbranched alkanes of at least 4 members (excludes halogenated alkanes) is 15. The number of hydrogen-bond acceptors (Lipinski definition) is 5. The third-order valence-corrected chi connectivity index (χ3v) is 9.36. The van der Waals surface area contributed by atoms with Crippen LogP contribution >= 0.6 is 7.82 Å². The highest BCUT2D eigenvalue weighted by atomic mass is 32.2. The van der Waals surface area contributed by atoms with E-state index in [2.05, 4.69) is 6.92 Å². The van der Waals surface area contributed by atoms with Crippen molar-refractivity contribution in [1.82, 2.24) is 0 Å². The summed E-state index contributed by atoms with van der Waals surface area (Å²) in [5.41, 5.74) is 0. The van der Waals surface area contributed by atoms with Crippen molar-refractivity contribution in [3.05, 3.63) is 0 Å². The molecule has 0 aliphatic heterocycles.